The van der Waals surface area contributed by atoms with Crippen molar-refractivity contribution in [1.82, 2.24) is 0 Å². The zero-order valence-corrected chi connectivity index (χ0v) is 6.64. The van der Waals surface area contributed by atoms with Crippen LogP contribution in [0.2, 0.25) is 0 Å². The van der Waals surface area contributed by atoms with E-state index in [1.165, 1.54) is 0 Å². The molecule has 0 aromatic rings. The Balaban J connectivity index is 3.62. The largest absolute Gasteiger partial charge is 0.395 e. The van der Waals surface area contributed by atoms with Crippen molar-refractivity contribution < 1.29 is 10.2 Å². The van der Waals surface area contributed by atoms with Crippen LogP contribution >= 0.6 is 15.9 Å². The van der Waals surface area contributed by atoms with Crippen LogP contribution in [0.4, 0.5) is 0 Å². The van der Waals surface area contributed by atoms with Gasteiger partial charge in [-0.3, -0.25) is 0 Å². The average Bonchev–Trinajstić information content (AvgIpc) is 1.62. The Hall–Kier alpha value is 0.400. The Morgan fingerprint density at radius 1 is 1.62 bits per heavy atom. The molecular formula is C5H11BrO2. The molecule has 0 fully saturated rings. The Morgan fingerprint density at radius 3 is 2.00 bits per heavy atom. The molecule has 1 unspecified atom stereocenters. The number of hydrogen-bond donors (Lipinski definition) is 2. The third-order valence-corrected chi connectivity index (χ3v) is 2.34. The minimum atomic E-state index is -0.825. The van der Waals surface area contributed by atoms with Gasteiger partial charge >= 0.3 is 0 Å². The highest BCUT2D eigenvalue weighted by Crippen LogP contribution is 2.15. The molecule has 0 spiro atoms. The Labute approximate surface area is 57.7 Å². The minimum Gasteiger partial charge on any atom is -0.395 e. The molecule has 8 heavy (non-hydrogen) atoms. The summed E-state index contributed by atoms with van der Waals surface area (Å²) in [5.74, 6) is 0. The van der Waals surface area contributed by atoms with Crippen molar-refractivity contribution in [3.8, 4) is 0 Å². The number of aliphatic hydroxyl groups is 2. The smallest absolute Gasteiger partial charge is 0.0738 e. The molecule has 0 bridgehead atoms. The predicted octanol–water partition coefficient (Wildman–Crippen LogP) is 0.513. The molecule has 0 aromatic carbocycles. The van der Waals surface area contributed by atoms with E-state index in [1.54, 1.807) is 13.8 Å². The molecule has 0 rings (SSSR count). The first-order valence-electron chi connectivity index (χ1n) is 2.45. The standard InChI is InChI=1S/C5H11BrO2/c1-5(2,8)4(6)3-7/h4,7-8H,3H2,1-2H3. The summed E-state index contributed by atoms with van der Waals surface area (Å²) in [5.41, 5.74) is -0.825. The van der Waals surface area contributed by atoms with Gasteiger partial charge in [0, 0.05) is 0 Å². The van der Waals surface area contributed by atoms with Gasteiger partial charge in [0.05, 0.1) is 17.0 Å². The predicted molar refractivity (Wildman–Crippen MR) is 36.1 cm³/mol. The van der Waals surface area contributed by atoms with E-state index in [-0.39, 0.29) is 11.4 Å². The fraction of sp³-hybridized carbons (Fsp3) is 1.00. The van der Waals surface area contributed by atoms with Gasteiger partial charge in [-0.15, -0.1) is 0 Å². The highest BCUT2D eigenvalue weighted by Gasteiger charge is 2.22. The van der Waals surface area contributed by atoms with Gasteiger partial charge < -0.3 is 10.2 Å². The summed E-state index contributed by atoms with van der Waals surface area (Å²) in [7, 11) is 0. The summed E-state index contributed by atoms with van der Waals surface area (Å²) in [5, 5.41) is 17.5. The SMILES string of the molecule is CC(C)(O)C(Br)CO. The van der Waals surface area contributed by atoms with E-state index < -0.39 is 5.60 Å². The minimum absolute atomic E-state index is 0.0382. The second kappa shape index (κ2) is 2.80. The Bertz CT molecular complexity index is 67.3. The van der Waals surface area contributed by atoms with Crippen molar-refractivity contribution in [1.29, 1.82) is 0 Å². The topological polar surface area (TPSA) is 40.5 Å². The van der Waals surface area contributed by atoms with Crippen molar-refractivity contribution in [3.05, 3.63) is 0 Å². The van der Waals surface area contributed by atoms with Gasteiger partial charge in [0.25, 0.3) is 0 Å². The van der Waals surface area contributed by atoms with Crippen LogP contribution in [0.25, 0.3) is 0 Å². The lowest BCUT2D eigenvalue weighted by Gasteiger charge is -2.21. The molecule has 2 nitrogen and oxygen atoms in total. The molecule has 0 amide bonds. The van der Waals surface area contributed by atoms with E-state index in [9.17, 15) is 0 Å². The molecule has 0 heterocycles. The molecule has 0 saturated carbocycles. The fourth-order valence-electron chi connectivity index (χ4n) is 0.223. The number of hydrogen-bond acceptors (Lipinski definition) is 2. The first kappa shape index (κ1) is 8.40. The summed E-state index contributed by atoms with van der Waals surface area (Å²) >= 11 is 3.10. The van der Waals surface area contributed by atoms with E-state index in [0.29, 0.717) is 0 Å². The molecule has 3 heteroatoms. The van der Waals surface area contributed by atoms with E-state index in [1.807, 2.05) is 0 Å². The van der Waals surface area contributed by atoms with Crippen LogP contribution in [-0.4, -0.2) is 27.2 Å². The number of aliphatic hydroxyl groups excluding tert-OH is 1. The van der Waals surface area contributed by atoms with Gasteiger partial charge in [-0.2, -0.15) is 0 Å². The van der Waals surface area contributed by atoms with Gasteiger partial charge in [-0.05, 0) is 13.8 Å². The zero-order chi connectivity index (χ0) is 6.78. The van der Waals surface area contributed by atoms with Gasteiger partial charge in [-0.1, -0.05) is 15.9 Å². The molecule has 0 aliphatic heterocycles. The highest BCUT2D eigenvalue weighted by atomic mass is 79.9. The molecule has 50 valence electrons. The lowest BCUT2D eigenvalue weighted by Crippen LogP contribution is -2.33. The molecule has 1 atom stereocenters. The summed E-state index contributed by atoms with van der Waals surface area (Å²) in [4.78, 5) is -0.227. The first-order chi connectivity index (χ1) is 3.48. The average molecular weight is 183 g/mol. The van der Waals surface area contributed by atoms with Crippen molar-refractivity contribution in [2.45, 2.75) is 24.3 Å². The summed E-state index contributed by atoms with van der Waals surface area (Å²) < 4.78 is 0. The Kier molecular flexibility index (Phi) is 2.94. The normalized spacial score (nSPS) is 16.1. The Morgan fingerprint density at radius 2 is 2.00 bits per heavy atom. The lowest BCUT2D eigenvalue weighted by molar-refractivity contribution is 0.0610. The lowest BCUT2D eigenvalue weighted by atomic mass is 10.1. The van der Waals surface area contributed by atoms with E-state index in [0.717, 1.165) is 0 Å². The maximum atomic E-state index is 9.08. The summed E-state index contributed by atoms with van der Waals surface area (Å²) in [6.45, 7) is 3.24. The van der Waals surface area contributed by atoms with Crippen LogP contribution in [0.3, 0.4) is 0 Å². The maximum Gasteiger partial charge on any atom is 0.0738 e. The van der Waals surface area contributed by atoms with Gasteiger partial charge in [0.2, 0.25) is 0 Å². The van der Waals surface area contributed by atoms with Gasteiger partial charge in [0.1, 0.15) is 0 Å². The highest BCUT2D eigenvalue weighted by molar-refractivity contribution is 9.09. The zero-order valence-electron chi connectivity index (χ0n) is 5.06. The number of alkyl halides is 1. The van der Waals surface area contributed by atoms with Gasteiger partial charge in [0.15, 0.2) is 0 Å². The van der Waals surface area contributed by atoms with Crippen LogP contribution in [0, 0.1) is 0 Å². The molecule has 0 radical (unpaired) electrons. The van der Waals surface area contributed by atoms with Crippen LogP contribution in [-0.2, 0) is 0 Å². The van der Waals surface area contributed by atoms with E-state index >= 15 is 0 Å². The van der Waals surface area contributed by atoms with Crippen LogP contribution in [0.15, 0.2) is 0 Å². The van der Waals surface area contributed by atoms with Crippen LogP contribution in [0.5, 0.6) is 0 Å². The third-order valence-electron chi connectivity index (χ3n) is 0.927. The summed E-state index contributed by atoms with van der Waals surface area (Å²) in [6, 6.07) is 0. The monoisotopic (exact) mass is 182 g/mol. The fourth-order valence-corrected chi connectivity index (χ4v) is 0.223. The second-order valence-electron chi connectivity index (χ2n) is 2.30. The molecular weight excluding hydrogens is 172 g/mol. The first-order valence-corrected chi connectivity index (χ1v) is 3.37. The van der Waals surface area contributed by atoms with Crippen molar-refractivity contribution >= 4 is 15.9 Å². The maximum absolute atomic E-state index is 9.08. The van der Waals surface area contributed by atoms with E-state index in [4.69, 9.17) is 10.2 Å². The number of halogens is 1. The third kappa shape index (κ3) is 2.64. The van der Waals surface area contributed by atoms with Crippen molar-refractivity contribution in [3.63, 3.8) is 0 Å². The molecule has 0 saturated heterocycles. The van der Waals surface area contributed by atoms with Crippen LogP contribution in [0.1, 0.15) is 13.8 Å². The molecule has 2 N–H and O–H groups in total. The van der Waals surface area contributed by atoms with Crippen molar-refractivity contribution in [2.75, 3.05) is 6.61 Å². The quantitative estimate of drug-likeness (QED) is 0.612. The second-order valence-corrected chi connectivity index (χ2v) is 3.41. The van der Waals surface area contributed by atoms with Gasteiger partial charge in [-0.25, -0.2) is 0 Å². The van der Waals surface area contributed by atoms with Crippen molar-refractivity contribution in [2.24, 2.45) is 0 Å². The molecule has 0 aromatic heterocycles. The van der Waals surface area contributed by atoms with E-state index in [2.05, 4.69) is 15.9 Å². The van der Waals surface area contributed by atoms with Crippen LogP contribution < -0.4 is 0 Å². The molecule has 0 aliphatic carbocycles. The molecule has 0 aliphatic rings. The number of rotatable bonds is 2. The summed E-state index contributed by atoms with van der Waals surface area (Å²) in [6.07, 6.45) is 0.